The van der Waals surface area contributed by atoms with E-state index in [-0.39, 0.29) is 23.7 Å². The minimum absolute atomic E-state index is 0.167. The molecule has 27 heavy (non-hydrogen) atoms. The highest BCUT2D eigenvalue weighted by Gasteiger charge is 2.20. The van der Waals surface area contributed by atoms with Gasteiger partial charge < -0.3 is 14.8 Å². The lowest BCUT2D eigenvalue weighted by atomic mass is 9.95. The molecule has 0 aromatic heterocycles. The number of nitrogens with one attached hydrogen (secondary N) is 1. The Morgan fingerprint density at radius 3 is 2.59 bits per heavy atom. The van der Waals surface area contributed by atoms with Gasteiger partial charge in [-0.2, -0.15) is 0 Å². The van der Waals surface area contributed by atoms with Crippen LogP contribution in [-0.2, 0) is 4.79 Å². The van der Waals surface area contributed by atoms with Gasteiger partial charge in [-0.3, -0.25) is 4.79 Å². The zero-order chi connectivity index (χ0) is 19.2. The summed E-state index contributed by atoms with van der Waals surface area (Å²) in [6.45, 7) is 5.32. The number of carbonyl (C=O) groups is 1. The molecule has 0 spiro atoms. The molecule has 3 rings (SSSR count). The Labute approximate surface area is 159 Å². The van der Waals surface area contributed by atoms with Crippen LogP contribution < -0.4 is 14.8 Å². The Balaban J connectivity index is 1.75. The lowest BCUT2D eigenvalue weighted by molar-refractivity contribution is -0.117. The summed E-state index contributed by atoms with van der Waals surface area (Å²) in [5.74, 6) is 0.964. The van der Waals surface area contributed by atoms with Crippen molar-refractivity contribution >= 4 is 12.0 Å². The quantitative estimate of drug-likeness (QED) is 0.789. The van der Waals surface area contributed by atoms with Crippen LogP contribution in [0.1, 0.15) is 37.4 Å². The van der Waals surface area contributed by atoms with Gasteiger partial charge in [0.1, 0.15) is 5.82 Å². The van der Waals surface area contributed by atoms with E-state index in [1.54, 1.807) is 18.2 Å². The summed E-state index contributed by atoms with van der Waals surface area (Å²) in [4.78, 5) is 12.4. The van der Waals surface area contributed by atoms with Gasteiger partial charge in [0.15, 0.2) is 11.5 Å². The van der Waals surface area contributed by atoms with Crippen LogP contribution in [-0.4, -0.2) is 19.1 Å². The number of hydrogen-bond acceptors (Lipinski definition) is 3. The second kappa shape index (κ2) is 8.71. The summed E-state index contributed by atoms with van der Waals surface area (Å²) in [6, 6.07) is 11.9. The van der Waals surface area contributed by atoms with Crippen LogP contribution in [0.5, 0.6) is 11.5 Å². The van der Waals surface area contributed by atoms with E-state index in [1.165, 1.54) is 18.2 Å². The maximum atomic E-state index is 13.7. The van der Waals surface area contributed by atoms with Gasteiger partial charge in [0.2, 0.25) is 5.91 Å². The smallest absolute Gasteiger partial charge is 0.244 e. The first kappa shape index (κ1) is 19.0. The average molecular weight is 369 g/mol. The van der Waals surface area contributed by atoms with E-state index in [4.69, 9.17) is 9.47 Å². The molecule has 1 N–H and O–H groups in total. The number of hydrogen-bond donors (Lipinski definition) is 1. The van der Waals surface area contributed by atoms with Gasteiger partial charge >= 0.3 is 0 Å². The molecule has 0 saturated heterocycles. The lowest BCUT2D eigenvalue weighted by Crippen LogP contribution is -2.30. The Hall–Kier alpha value is -2.82. The molecule has 1 unspecified atom stereocenters. The third-order valence-electron chi connectivity index (χ3n) is 4.41. The van der Waals surface area contributed by atoms with E-state index in [0.717, 1.165) is 17.7 Å². The van der Waals surface area contributed by atoms with Crippen LogP contribution in [0.2, 0.25) is 0 Å². The van der Waals surface area contributed by atoms with Crippen LogP contribution in [0.4, 0.5) is 4.39 Å². The monoisotopic (exact) mass is 369 g/mol. The van der Waals surface area contributed by atoms with Crippen molar-refractivity contribution in [1.29, 1.82) is 0 Å². The van der Waals surface area contributed by atoms with Crippen LogP contribution >= 0.6 is 0 Å². The second-order valence-electron chi connectivity index (χ2n) is 6.84. The average Bonchev–Trinajstić information content (AvgIpc) is 2.90. The molecule has 0 aliphatic carbocycles. The number of amides is 1. The Morgan fingerprint density at radius 2 is 1.85 bits per heavy atom. The van der Waals surface area contributed by atoms with Crippen molar-refractivity contribution in [1.82, 2.24) is 5.32 Å². The molecule has 142 valence electrons. The standard InChI is InChI=1S/C22H24FNO3/c1-15(2)22(17-8-10-19-20(14-17)27-13-5-12-26-19)24-21(25)11-9-16-6-3-4-7-18(16)23/h3-4,6-11,14-15,22H,5,12-13H2,1-2H3,(H,24,25)/b11-9+. The summed E-state index contributed by atoms with van der Waals surface area (Å²) in [5.41, 5.74) is 1.33. The highest BCUT2D eigenvalue weighted by molar-refractivity contribution is 5.92. The third kappa shape index (κ3) is 4.88. The fourth-order valence-corrected chi connectivity index (χ4v) is 2.99. The van der Waals surface area contributed by atoms with Crippen molar-refractivity contribution in [3.63, 3.8) is 0 Å². The van der Waals surface area contributed by atoms with E-state index in [9.17, 15) is 9.18 Å². The molecule has 4 nitrogen and oxygen atoms in total. The summed E-state index contributed by atoms with van der Waals surface area (Å²) >= 11 is 0. The zero-order valence-corrected chi connectivity index (χ0v) is 15.6. The predicted molar refractivity (Wildman–Crippen MR) is 103 cm³/mol. The minimum atomic E-state index is -0.357. The van der Waals surface area contributed by atoms with Crippen LogP contribution in [0, 0.1) is 11.7 Å². The summed E-state index contributed by atoms with van der Waals surface area (Å²) < 4.78 is 25.1. The number of fused-ring (bicyclic) bond motifs is 1. The van der Waals surface area contributed by atoms with Gasteiger partial charge in [-0.15, -0.1) is 0 Å². The van der Waals surface area contributed by atoms with Crippen molar-refractivity contribution in [2.75, 3.05) is 13.2 Å². The predicted octanol–water partition coefficient (Wildman–Crippen LogP) is 4.51. The number of benzene rings is 2. The first-order valence-corrected chi connectivity index (χ1v) is 9.17. The molecule has 0 radical (unpaired) electrons. The Kier molecular flexibility index (Phi) is 6.12. The lowest BCUT2D eigenvalue weighted by Gasteiger charge is -2.23. The van der Waals surface area contributed by atoms with Gasteiger partial charge in [-0.25, -0.2) is 4.39 Å². The van der Waals surface area contributed by atoms with Gasteiger partial charge in [-0.05, 0) is 35.8 Å². The molecule has 0 bridgehead atoms. The van der Waals surface area contributed by atoms with E-state index in [0.29, 0.717) is 24.5 Å². The molecule has 1 aliphatic heterocycles. The number of carbonyl (C=O) groups excluding carboxylic acids is 1. The highest BCUT2D eigenvalue weighted by Crippen LogP contribution is 2.34. The molecule has 2 aromatic carbocycles. The Bertz CT molecular complexity index is 832. The molecule has 1 amide bonds. The summed E-state index contributed by atoms with van der Waals surface area (Å²) in [6.07, 6.45) is 3.68. The zero-order valence-electron chi connectivity index (χ0n) is 15.6. The van der Waals surface area contributed by atoms with Crippen molar-refractivity contribution in [2.45, 2.75) is 26.3 Å². The van der Waals surface area contributed by atoms with Crippen molar-refractivity contribution < 1.29 is 18.7 Å². The minimum Gasteiger partial charge on any atom is -0.490 e. The molecular formula is C22H24FNO3. The normalized spacial score (nSPS) is 14.8. The van der Waals surface area contributed by atoms with Gasteiger partial charge in [-0.1, -0.05) is 38.1 Å². The van der Waals surface area contributed by atoms with Crippen LogP contribution in [0.15, 0.2) is 48.5 Å². The largest absolute Gasteiger partial charge is 0.490 e. The number of ether oxygens (including phenoxy) is 2. The highest BCUT2D eigenvalue weighted by atomic mass is 19.1. The van der Waals surface area contributed by atoms with Crippen molar-refractivity contribution in [2.24, 2.45) is 5.92 Å². The Morgan fingerprint density at radius 1 is 1.11 bits per heavy atom. The molecular weight excluding hydrogens is 345 g/mol. The fraction of sp³-hybridized carbons (Fsp3) is 0.318. The fourth-order valence-electron chi connectivity index (χ4n) is 2.99. The van der Waals surface area contributed by atoms with E-state index >= 15 is 0 Å². The van der Waals surface area contributed by atoms with Gasteiger partial charge in [0.05, 0.1) is 19.3 Å². The van der Waals surface area contributed by atoms with Crippen LogP contribution in [0.25, 0.3) is 6.08 Å². The first-order chi connectivity index (χ1) is 13.0. The molecule has 1 atom stereocenters. The van der Waals surface area contributed by atoms with Crippen molar-refractivity contribution in [3.05, 3.63) is 65.5 Å². The summed E-state index contributed by atoms with van der Waals surface area (Å²) in [7, 11) is 0. The van der Waals surface area contributed by atoms with Gasteiger partial charge in [0, 0.05) is 18.1 Å². The van der Waals surface area contributed by atoms with Crippen LogP contribution in [0.3, 0.4) is 0 Å². The second-order valence-corrected chi connectivity index (χ2v) is 6.84. The maximum absolute atomic E-state index is 13.7. The third-order valence-corrected chi connectivity index (χ3v) is 4.41. The van der Waals surface area contributed by atoms with Crippen molar-refractivity contribution in [3.8, 4) is 11.5 Å². The van der Waals surface area contributed by atoms with E-state index in [2.05, 4.69) is 5.32 Å². The van der Waals surface area contributed by atoms with Gasteiger partial charge in [0.25, 0.3) is 0 Å². The molecule has 0 fully saturated rings. The number of rotatable bonds is 5. The molecule has 0 saturated carbocycles. The van der Waals surface area contributed by atoms with E-state index < -0.39 is 0 Å². The molecule has 1 heterocycles. The summed E-state index contributed by atoms with van der Waals surface area (Å²) in [5, 5.41) is 3.00. The molecule has 5 heteroatoms. The topological polar surface area (TPSA) is 47.6 Å². The van der Waals surface area contributed by atoms with E-state index in [1.807, 2.05) is 32.0 Å². The maximum Gasteiger partial charge on any atom is 0.244 e. The molecule has 2 aromatic rings. The molecule has 1 aliphatic rings. The SMILES string of the molecule is CC(C)C(NC(=O)/C=C/c1ccccc1F)c1ccc2c(c1)OCCCO2. The number of halogens is 1. The first-order valence-electron chi connectivity index (χ1n) is 9.17.